The molecular weight excluding hydrogens is 469 g/mol. The van der Waals surface area contributed by atoms with Gasteiger partial charge in [0.05, 0.1) is 27.0 Å². The van der Waals surface area contributed by atoms with Crippen LogP contribution in [-0.2, 0) is 19.4 Å². The van der Waals surface area contributed by atoms with Crippen molar-refractivity contribution in [2.75, 3.05) is 27.3 Å². The van der Waals surface area contributed by atoms with E-state index in [-0.39, 0.29) is 24.0 Å². The van der Waals surface area contributed by atoms with E-state index in [0.29, 0.717) is 18.7 Å². The number of aliphatic imine (C=N–C) groups is 1. The number of rotatable bonds is 10. The molecule has 0 spiro atoms. The fraction of sp³-hybridized carbons (Fsp3) is 0.381. The van der Waals surface area contributed by atoms with Crippen molar-refractivity contribution >= 4 is 29.9 Å². The molecule has 0 bridgehead atoms. The molecule has 1 aromatic carbocycles. The van der Waals surface area contributed by atoms with Crippen LogP contribution in [0.4, 0.5) is 0 Å². The predicted molar refractivity (Wildman–Crippen MR) is 124 cm³/mol. The molecule has 0 radical (unpaired) electrons. The van der Waals surface area contributed by atoms with Crippen molar-refractivity contribution in [3.8, 4) is 11.5 Å². The molecule has 0 aliphatic rings. The van der Waals surface area contributed by atoms with Gasteiger partial charge in [-0.1, -0.05) is 6.08 Å². The van der Waals surface area contributed by atoms with Gasteiger partial charge in [0, 0.05) is 25.1 Å². The second kappa shape index (κ2) is 13.1. The van der Waals surface area contributed by atoms with E-state index in [1.807, 2.05) is 31.2 Å². The van der Waals surface area contributed by atoms with E-state index in [4.69, 9.17) is 13.9 Å². The van der Waals surface area contributed by atoms with Crippen LogP contribution in [-0.4, -0.2) is 33.3 Å². The number of hydrogen-bond donors (Lipinski definition) is 2. The summed E-state index contributed by atoms with van der Waals surface area (Å²) in [7, 11) is 3.29. The number of guanidine groups is 1. The van der Waals surface area contributed by atoms with Gasteiger partial charge in [0.2, 0.25) is 0 Å². The van der Waals surface area contributed by atoms with Crippen LogP contribution in [0.25, 0.3) is 0 Å². The van der Waals surface area contributed by atoms with Crippen LogP contribution in [0, 0.1) is 0 Å². The van der Waals surface area contributed by atoms with E-state index < -0.39 is 0 Å². The second-order valence-corrected chi connectivity index (χ2v) is 5.93. The molecule has 0 aliphatic heterocycles. The Balaban J connectivity index is 0.00000392. The van der Waals surface area contributed by atoms with Crippen molar-refractivity contribution in [1.82, 2.24) is 10.6 Å². The molecule has 2 N–H and O–H groups in total. The minimum absolute atomic E-state index is 0. The SMILES string of the molecule is C=CCc1cc(CN=C(NCC)NCCc2ccco2)cc(OC)c1OC.I. The van der Waals surface area contributed by atoms with Gasteiger partial charge in [0.15, 0.2) is 17.5 Å². The molecule has 154 valence electrons. The zero-order chi connectivity index (χ0) is 19.5. The Morgan fingerprint density at radius 3 is 2.68 bits per heavy atom. The molecular formula is C21H30IN3O3. The molecule has 0 saturated heterocycles. The maximum absolute atomic E-state index is 5.49. The van der Waals surface area contributed by atoms with Gasteiger partial charge in [0.25, 0.3) is 0 Å². The number of halogens is 1. The first-order valence-corrected chi connectivity index (χ1v) is 9.11. The quantitative estimate of drug-likeness (QED) is 0.224. The van der Waals surface area contributed by atoms with Gasteiger partial charge in [-0.25, -0.2) is 4.99 Å². The highest BCUT2D eigenvalue weighted by Gasteiger charge is 2.11. The third-order valence-corrected chi connectivity index (χ3v) is 3.99. The highest BCUT2D eigenvalue weighted by molar-refractivity contribution is 14.0. The van der Waals surface area contributed by atoms with Gasteiger partial charge < -0.3 is 24.5 Å². The smallest absolute Gasteiger partial charge is 0.191 e. The minimum Gasteiger partial charge on any atom is -0.493 e. The summed E-state index contributed by atoms with van der Waals surface area (Å²) in [5.74, 6) is 3.17. The predicted octanol–water partition coefficient (Wildman–Crippen LogP) is 3.94. The van der Waals surface area contributed by atoms with Crippen LogP contribution in [0.15, 0.2) is 52.6 Å². The first-order chi connectivity index (χ1) is 13.2. The fourth-order valence-electron chi connectivity index (χ4n) is 2.78. The lowest BCUT2D eigenvalue weighted by molar-refractivity contribution is 0.352. The summed E-state index contributed by atoms with van der Waals surface area (Å²) in [6, 6.07) is 7.91. The molecule has 28 heavy (non-hydrogen) atoms. The van der Waals surface area contributed by atoms with Crippen molar-refractivity contribution in [3.05, 3.63) is 60.1 Å². The van der Waals surface area contributed by atoms with Crippen molar-refractivity contribution < 1.29 is 13.9 Å². The molecule has 2 rings (SSSR count). The van der Waals surface area contributed by atoms with Gasteiger partial charge in [-0.3, -0.25) is 0 Å². The lowest BCUT2D eigenvalue weighted by Crippen LogP contribution is -2.38. The van der Waals surface area contributed by atoms with Gasteiger partial charge in [-0.15, -0.1) is 30.6 Å². The number of furan rings is 1. The van der Waals surface area contributed by atoms with Crippen LogP contribution in [0.5, 0.6) is 11.5 Å². The number of methoxy groups -OCH3 is 2. The van der Waals surface area contributed by atoms with Gasteiger partial charge in [-0.05, 0) is 43.2 Å². The van der Waals surface area contributed by atoms with Crippen LogP contribution >= 0.6 is 24.0 Å². The summed E-state index contributed by atoms with van der Waals surface area (Å²) in [4.78, 5) is 4.68. The Labute approximate surface area is 184 Å². The molecule has 0 atom stereocenters. The van der Waals surface area contributed by atoms with Crippen LogP contribution in [0.2, 0.25) is 0 Å². The summed E-state index contributed by atoms with van der Waals surface area (Å²) in [5, 5.41) is 6.59. The second-order valence-electron chi connectivity index (χ2n) is 5.93. The Bertz CT molecular complexity index is 746. The molecule has 7 heteroatoms. The molecule has 2 aromatic rings. The highest BCUT2D eigenvalue weighted by Crippen LogP contribution is 2.33. The van der Waals surface area contributed by atoms with Gasteiger partial charge in [-0.2, -0.15) is 0 Å². The minimum atomic E-state index is 0. The summed E-state index contributed by atoms with van der Waals surface area (Å²) in [6.45, 7) is 7.93. The number of benzene rings is 1. The third kappa shape index (κ3) is 7.10. The monoisotopic (exact) mass is 499 g/mol. The van der Waals surface area contributed by atoms with Gasteiger partial charge >= 0.3 is 0 Å². The largest absolute Gasteiger partial charge is 0.493 e. The molecule has 0 saturated carbocycles. The standard InChI is InChI=1S/C21H29N3O3.HI/c1-5-8-17-13-16(14-19(25-3)20(17)26-4)15-24-21(22-6-2)23-11-10-18-9-7-12-27-18;/h5,7,9,12-14H,1,6,8,10-11,15H2,2-4H3,(H2,22,23,24);1H. The van der Waals surface area contributed by atoms with Crippen molar-refractivity contribution in [2.45, 2.75) is 26.3 Å². The van der Waals surface area contributed by atoms with Crippen molar-refractivity contribution in [3.63, 3.8) is 0 Å². The zero-order valence-electron chi connectivity index (χ0n) is 16.8. The molecule has 0 aliphatic carbocycles. The lowest BCUT2D eigenvalue weighted by Gasteiger charge is -2.14. The molecule has 0 amide bonds. The summed E-state index contributed by atoms with van der Waals surface area (Å²) < 4.78 is 16.3. The Morgan fingerprint density at radius 1 is 1.25 bits per heavy atom. The summed E-state index contributed by atoms with van der Waals surface area (Å²) >= 11 is 0. The molecule has 1 aromatic heterocycles. The molecule has 1 heterocycles. The first-order valence-electron chi connectivity index (χ1n) is 9.11. The molecule has 0 unspecified atom stereocenters. The maximum atomic E-state index is 5.49. The van der Waals surface area contributed by atoms with E-state index >= 15 is 0 Å². The van der Waals surface area contributed by atoms with Crippen molar-refractivity contribution in [1.29, 1.82) is 0 Å². The number of nitrogens with zero attached hydrogens (tertiary/aromatic N) is 1. The van der Waals surface area contributed by atoms with E-state index in [9.17, 15) is 0 Å². The topological polar surface area (TPSA) is 68.0 Å². The van der Waals surface area contributed by atoms with E-state index in [1.54, 1.807) is 20.5 Å². The van der Waals surface area contributed by atoms with Crippen LogP contribution in [0.3, 0.4) is 0 Å². The Kier molecular flexibility index (Phi) is 11.2. The lowest BCUT2D eigenvalue weighted by atomic mass is 10.1. The van der Waals surface area contributed by atoms with Crippen LogP contribution in [0.1, 0.15) is 23.8 Å². The van der Waals surface area contributed by atoms with Crippen LogP contribution < -0.4 is 20.1 Å². The highest BCUT2D eigenvalue weighted by atomic mass is 127. The fourth-order valence-corrected chi connectivity index (χ4v) is 2.78. The number of nitrogens with one attached hydrogen (secondary N) is 2. The van der Waals surface area contributed by atoms with E-state index in [2.05, 4.69) is 28.3 Å². The average molecular weight is 499 g/mol. The zero-order valence-corrected chi connectivity index (χ0v) is 19.1. The average Bonchev–Trinajstić information content (AvgIpc) is 3.19. The number of hydrogen-bond acceptors (Lipinski definition) is 4. The molecule has 0 fully saturated rings. The maximum Gasteiger partial charge on any atom is 0.191 e. The first kappa shape index (κ1) is 23.9. The number of ether oxygens (including phenoxy) is 2. The summed E-state index contributed by atoms with van der Waals surface area (Å²) in [6.07, 6.45) is 5.05. The van der Waals surface area contributed by atoms with E-state index in [0.717, 1.165) is 48.1 Å². The third-order valence-electron chi connectivity index (χ3n) is 3.99. The van der Waals surface area contributed by atoms with Gasteiger partial charge in [0.1, 0.15) is 5.76 Å². The Hall–Kier alpha value is -2.16. The van der Waals surface area contributed by atoms with Crippen molar-refractivity contribution in [2.24, 2.45) is 4.99 Å². The summed E-state index contributed by atoms with van der Waals surface area (Å²) in [5.41, 5.74) is 2.08. The number of allylic oxidation sites excluding steroid dienone is 1. The molecule has 6 nitrogen and oxygen atoms in total. The normalized spacial score (nSPS) is 10.8. The van der Waals surface area contributed by atoms with E-state index in [1.165, 1.54) is 0 Å². The Morgan fingerprint density at radius 2 is 2.07 bits per heavy atom.